The molecular weight excluding hydrogens is 426 g/mol. The number of amides is 1. The van der Waals surface area contributed by atoms with Crippen molar-refractivity contribution in [1.29, 1.82) is 0 Å². The minimum atomic E-state index is -0.785. The summed E-state index contributed by atoms with van der Waals surface area (Å²) in [6, 6.07) is 27.0. The Hall–Kier alpha value is -4.38. The first-order valence-electron chi connectivity index (χ1n) is 11.0. The average Bonchev–Trinajstić information content (AvgIpc) is 3.14. The van der Waals surface area contributed by atoms with Gasteiger partial charge in [0, 0.05) is 11.3 Å². The SMILES string of the molecule is COc1ccc(C2/C(=C(/O)c3cccc4ccccc34)C(=O)C(=O)N2c2ccc(C)cc2)cc1. The van der Waals surface area contributed by atoms with E-state index in [1.807, 2.05) is 79.7 Å². The lowest BCUT2D eigenvalue weighted by atomic mass is 9.93. The van der Waals surface area contributed by atoms with Crippen molar-refractivity contribution < 1.29 is 19.4 Å². The first-order valence-corrected chi connectivity index (χ1v) is 11.0. The molecule has 0 aliphatic carbocycles. The monoisotopic (exact) mass is 449 g/mol. The van der Waals surface area contributed by atoms with Gasteiger partial charge >= 0.3 is 0 Å². The second-order valence-electron chi connectivity index (χ2n) is 8.30. The Balaban J connectivity index is 1.76. The maximum absolute atomic E-state index is 13.4. The van der Waals surface area contributed by atoms with Crippen molar-refractivity contribution in [1.82, 2.24) is 0 Å². The van der Waals surface area contributed by atoms with Crippen molar-refractivity contribution in [2.45, 2.75) is 13.0 Å². The van der Waals surface area contributed by atoms with Gasteiger partial charge in [-0.2, -0.15) is 0 Å². The predicted octanol–water partition coefficient (Wildman–Crippen LogP) is 5.78. The smallest absolute Gasteiger partial charge is 0.300 e. The molecule has 5 nitrogen and oxygen atoms in total. The molecule has 4 aromatic rings. The Morgan fingerprint density at radius 2 is 1.53 bits per heavy atom. The zero-order valence-corrected chi connectivity index (χ0v) is 18.9. The van der Waals surface area contributed by atoms with Crippen LogP contribution in [0.1, 0.15) is 22.7 Å². The third-order valence-electron chi connectivity index (χ3n) is 6.23. The number of nitrogens with zero attached hydrogens (tertiary/aromatic N) is 1. The maximum Gasteiger partial charge on any atom is 0.300 e. The molecule has 0 saturated carbocycles. The quantitative estimate of drug-likeness (QED) is 0.244. The largest absolute Gasteiger partial charge is 0.507 e. The highest BCUT2D eigenvalue weighted by molar-refractivity contribution is 6.51. The molecule has 1 unspecified atom stereocenters. The van der Waals surface area contributed by atoms with Crippen LogP contribution in [0.15, 0.2) is 96.6 Å². The first-order chi connectivity index (χ1) is 16.5. The summed E-state index contributed by atoms with van der Waals surface area (Å²) in [4.78, 5) is 28.2. The van der Waals surface area contributed by atoms with Crippen LogP contribution < -0.4 is 9.64 Å². The molecule has 0 spiro atoms. The highest BCUT2D eigenvalue weighted by Crippen LogP contribution is 2.43. The van der Waals surface area contributed by atoms with Crippen LogP contribution in [0.4, 0.5) is 5.69 Å². The van der Waals surface area contributed by atoms with Crippen molar-refractivity contribution in [3.63, 3.8) is 0 Å². The number of carbonyl (C=O) groups is 2. The molecule has 34 heavy (non-hydrogen) atoms. The van der Waals surface area contributed by atoms with Crippen molar-refractivity contribution in [2.75, 3.05) is 12.0 Å². The highest BCUT2D eigenvalue weighted by Gasteiger charge is 2.47. The van der Waals surface area contributed by atoms with Gasteiger partial charge in [-0.05, 0) is 47.5 Å². The van der Waals surface area contributed by atoms with E-state index in [1.165, 1.54) is 4.90 Å². The molecule has 1 N–H and O–H groups in total. The van der Waals surface area contributed by atoms with Gasteiger partial charge in [-0.3, -0.25) is 14.5 Å². The lowest BCUT2D eigenvalue weighted by Crippen LogP contribution is -2.29. The number of ether oxygens (including phenoxy) is 1. The fourth-order valence-electron chi connectivity index (χ4n) is 4.48. The Kier molecular flexibility index (Phi) is 5.38. The standard InChI is InChI=1S/C29H23NO4/c1-18-10-14-21(15-11-18)30-26(20-12-16-22(34-2)17-13-20)25(28(32)29(30)33)27(31)24-9-5-7-19-6-3-4-8-23(19)24/h3-17,26,31H,1-2H3/b27-25-. The van der Waals surface area contributed by atoms with Crippen molar-refractivity contribution in [3.05, 3.63) is 113 Å². The summed E-state index contributed by atoms with van der Waals surface area (Å²) in [5.74, 6) is -0.922. The Labute approximate surface area is 197 Å². The zero-order valence-electron chi connectivity index (χ0n) is 18.9. The summed E-state index contributed by atoms with van der Waals surface area (Å²) in [6.45, 7) is 1.96. The predicted molar refractivity (Wildman–Crippen MR) is 133 cm³/mol. The Bertz CT molecular complexity index is 1430. The molecular formula is C29H23NO4. The van der Waals surface area contributed by atoms with E-state index < -0.39 is 17.7 Å². The molecule has 1 heterocycles. The molecule has 0 aromatic heterocycles. The third kappa shape index (κ3) is 3.52. The van der Waals surface area contributed by atoms with Crippen LogP contribution in [0.25, 0.3) is 16.5 Å². The molecule has 1 amide bonds. The average molecular weight is 450 g/mol. The lowest BCUT2D eigenvalue weighted by molar-refractivity contribution is -0.132. The number of ketones is 1. The van der Waals surface area contributed by atoms with Crippen molar-refractivity contribution in [2.24, 2.45) is 0 Å². The summed E-state index contributed by atoms with van der Waals surface area (Å²) in [5.41, 5.74) is 2.90. The number of anilines is 1. The van der Waals surface area contributed by atoms with Gasteiger partial charge in [0.15, 0.2) is 0 Å². The molecule has 0 radical (unpaired) electrons. The minimum absolute atomic E-state index is 0.0621. The number of rotatable bonds is 4. The number of Topliss-reactive ketones (excluding diaryl/α,β-unsaturated/α-hetero) is 1. The van der Waals surface area contributed by atoms with E-state index in [9.17, 15) is 14.7 Å². The van der Waals surface area contributed by atoms with Crippen LogP contribution in [0, 0.1) is 6.92 Å². The first kappa shape index (κ1) is 21.5. The van der Waals surface area contributed by atoms with E-state index in [0.717, 1.165) is 16.3 Å². The van der Waals surface area contributed by atoms with Gasteiger partial charge < -0.3 is 9.84 Å². The summed E-state index contributed by atoms with van der Waals surface area (Å²) in [6.07, 6.45) is 0. The number of benzene rings is 4. The second-order valence-corrected chi connectivity index (χ2v) is 8.30. The fourth-order valence-corrected chi connectivity index (χ4v) is 4.48. The number of aryl methyl sites for hydroxylation is 1. The summed E-state index contributed by atoms with van der Waals surface area (Å²) < 4.78 is 5.28. The number of aliphatic hydroxyl groups excluding tert-OH is 1. The molecule has 1 atom stereocenters. The van der Waals surface area contributed by atoms with E-state index >= 15 is 0 Å². The highest BCUT2D eigenvalue weighted by atomic mass is 16.5. The Morgan fingerprint density at radius 3 is 2.24 bits per heavy atom. The van der Waals surface area contributed by atoms with E-state index in [2.05, 4.69) is 0 Å². The van der Waals surface area contributed by atoms with Crippen LogP contribution in [-0.4, -0.2) is 23.9 Å². The normalized spacial score (nSPS) is 17.4. The van der Waals surface area contributed by atoms with E-state index in [-0.39, 0.29) is 11.3 Å². The lowest BCUT2D eigenvalue weighted by Gasteiger charge is -2.25. The van der Waals surface area contributed by atoms with Crippen LogP contribution in [0.2, 0.25) is 0 Å². The Morgan fingerprint density at radius 1 is 0.853 bits per heavy atom. The summed E-state index contributed by atoms with van der Waals surface area (Å²) >= 11 is 0. The molecule has 0 bridgehead atoms. The van der Waals surface area contributed by atoms with Gasteiger partial charge in [0.1, 0.15) is 11.5 Å². The van der Waals surface area contributed by atoms with Gasteiger partial charge in [0.05, 0.1) is 18.7 Å². The zero-order chi connectivity index (χ0) is 23.8. The van der Waals surface area contributed by atoms with E-state index in [0.29, 0.717) is 22.6 Å². The molecule has 4 aromatic carbocycles. The van der Waals surface area contributed by atoms with Gasteiger partial charge in [-0.25, -0.2) is 0 Å². The molecule has 5 rings (SSSR count). The number of aliphatic hydroxyl groups is 1. The number of hydrogen-bond acceptors (Lipinski definition) is 4. The summed E-state index contributed by atoms with van der Waals surface area (Å²) in [7, 11) is 1.58. The van der Waals surface area contributed by atoms with Gasteiger partial charge in [-0.1, -0.05) is 72.3 Å². The number of hydrogen-bond donors (Lipinski definition) is 1. The number of methoxy groups -OCH3 is 1. The van der Waals surface area contributed by atoms with E-state index in [4.69, 9.17) is 4.74 Å². The molecule has 5 heteroatoms. The second kappa shape index (κ2) is 8.52. The van der Waals surface area contributed by atoms with Crippen molar-refractivity contribution in [3.8, 4) is 5.75 Å². The molecule has 1 fully saturated rings. The summed E-state index contributed by atoms with van der Waals surface area (Å²) in [5, 5.41) is 13.2. The number of carbonyl (C=O) groups excluding carboxylic acids is 2. The van der Waals surface area contributed by atoms with Crippen LogP contribution in [0.5, 0.6) is 5.75 Å². The van der Waals surface area contributed by atoms with Gasteiger partial charge in [0.25, 0.3) is 11.7 Å². The van der Waals surface area contributed by atoms with Crippen LogP contribution >= 0.6 is 0 Å². The van der Waals surface area contributed by atoms with Crippen LogP contribution in [-0.2, 0) is 9.59 Å². The molecule has 1 aliphatic rings. The molecule has 1 aliphatic heterocycles. The molecule has 1 saturated heterocycles. The van der Waals surface area contributed by atoms with Gasteiger partial charge in [-0.15, -0.1) is 0 Å². The topological polar surface area (TPSA) is 66.8 Å². The molecule has 168 valence electrons. The third-order valence-corrected chi connectivity index (χ3v) is 6.23. The number of fused-ring (bicyclic) bond motifs is 1. The van der Waals surface area contributed by atoms with E-state index in [1.54, 1.807) is 25.3 Å². The van der Waals surface area contributed by atoms with Crippen LogP contribution in [0.3, 0.4) is 0 Å². The minimum Gasteiger partial charge on any atom is -0.507 e. The van der Waals surface area contributed by atoms with Crippen molar-refractivity contribution >= 4 is 33.9 Å². The fraction of sp³-hybridized carbons (Fsp3) is 0.103. The van der Waals surface area contributed by atoms with Gasteiger partial charge in [0.2, 0.25) is 0 Å². The maximum atomic E-state index is 13.4.